The van der Waals surface area contributed by atoms with Gasteiger partial charge in [0.15, 0.2) is 0 Å². The first-order valence-electron chi connectivity index (χ1n) is 7.63. The van der Waals surface area contributed by atoms with Crippen molar-refractivity contribution in [3.05, 3.63) is 18.2 Å². The minimum Gasteiger partial charge on any atom is -0.494 e. The molecule has 5 heteroatoms. The van der Waals surface area contributed by atoms with Crippen LogP contribution in [0.15, 0.2) is 18.2 Å². The third-order valence-electron chi connectivity index (χ3n) is 4.48. The first-order chi connectivity index (χ1) is 10.1. The van der Waals surface area contributed by atoms with Crippen LogP contribution in [0, 0.1) is 5.92 Å². The van der Waals surface area contributed by atoms with Crippen molar-refractivity contribution in [1.82, 2.24) is 14.5 Å². The highest BCUT2D eigenvalue weighted by Crippen LogP contribution is 2.29. The number of nitrogens with zero attached hydrogens (tertiary/aromatic N) is 3. The maximum atomic E-state index is 6.13. The molecule has 2 heterocycles. The molecule has 21 heavy (non-hydrogen) atoms. The molecule has 0 amide bonds. The van der Waals surface area contributed by atoms with Crippen molar-refractivity contribution < 1.29 is 4.74 Å². The van der Waals surface area contributed by atoms with E-state index >= 15 is 0 Å². The molecule has 1 unspecified atom stereocenters. The van der Waals surface area contributed by atoms with Crippen LogP contribution in [-0.2, 0) is 6.54 Å². The van der Waals surface area contributed by atoms with Gasteiger partial charge in [-0.05, 0) is 44.9 Å². The van der Waals surface area contributed by atoms with Gasteiger partial charge in [-0.15, -0.1) is 0 Å². The monoisotopic (exact) mass is 288 g/mol. The van der Waals surface area contributed by atoms with Gasteiger partial charge in [0.1, 0.15) is 11.3 Å². The number of ether oxygens (including phenoxy) is 1. The second-order valence-electron chi connectivity index (χ2n) is 6.15. The average Bonchev–Trinajstić information content (AvgIpc) is 3.05. The van der Waals surface area contributed by atoms with Crippen molar-refractivity contribution in [2.24, 2.45) is 5.92 Å². The van der Waals surface area contributed by atoms with Gasteiger partial charge < -0.3 is 19.9 Å². The van der Waals surface area contributed by atoms with Gasteiger partial charge >= 0.3 is 0 Å². The van der Waals surface area contributed by atoms with Crippen LogP contribution in [0.3, 0.4) is 0 Å². The van der Waals surface area contributed by atoms with E-state index in [0.717, 1.165) is 29.9 Å². The molecule has 1 atom stereocenters. The molecule has 1 aromatic carbocycles. The van der Waals surface area contributed by atoms with Crippen LogP contribution in [0.1, 0.15) is 20.3 Å². The molecule has 1 aliphatic rings. The molecule has 2 aromatic rings. The lowest BCUT2D eigenvalue weighted by molar-refractivity contribution is 0.261. The Kier molecular flexibility index (Phi) is 3.76. The van der Waals surface area contributed by atoms with Gasteiger partial charge in [0, 0.05) is 19.1 Å². The number of nitrogen functional groups attached to an aromatic ring is 1. The Labute approximate surface area is 125 Å². The van der Waals surface area contributed by atoms with E-state index in [4.69, 9.17) is 10.5 Å². The second kappa shape index (κ2) is 5.56. The van der Waals surface area contributed by atoms with Gasteiger partial charge in [-0.1, -0.05) is 6.07 Å². The summed E-state index contributed by atoms with van der Waals surface area (Å²) in [5, 5.41) is 0. The molecule has 3 rings (SSSR count). The van der Waals surface area contributed by atoms with E-state index in [1.165, 1.54) is 13.0 Å². The van der Waals surface area contributed by atoms with Crippen molar-refractivity contribution in [3.63, 3.8) is 0 Å². The van der Waals surface area contributed by atoms with Gasteiger partial charge in [-0.25, -0.2) is 4.98 Å². The van der Waals surface area contributed by atoms with E-state index in [0.29, 0.717) is 17.9 Å². The van der Waals surface area contributed by atoms with Gasteiger partial charge in [0.2, 0.25) is 5.95 Å². The molecule has 1 aliphatic heterocycles. The third kappa shape index (κ3) is 2.58. The molecule has 0 radical (unpaired) electrons. The van der Waals surface area contributed by atoms with E-state index in [-0.39, 0.29) is 0 Å². The SMILES string of the molecule is COc1cccc2c1nc(N)n2CC1CCN(C(C)C)C1. The lowest BCUT2D eigenvalue weighted by atomic mass is 10.1. The molecule has 1 saturated heterocycles. The van der Waals surface area contributed by atoms with Crippen molar-refractivity contribution in [2.75, 3.05) is 25.9 Å². The zero-order valence-corrected chi connectivity index (χ0v) is 13.0. The first-order valence-corrected chi connectivity index (χ1v) is 7.63. The van der Waals surface area contributed by atoms with Crippen molar-refractivity contribution in [3.8, 4) is 5.75 Å². The number of fused-ring (bicyclic) bond motifs is 1. The number of aromatic nitrogens is 2. The quantitative estimate of drug-likeness (QED) is 0.938. The summed E-state index contributed by atoms with van der Waals surface area (Å²) in [5.74, 6) is 2.00. The fourth-order valence-corrected chi connectivity index (χ4v) is 3.23. The van der Waals surface area contributed by atoms with Crippen LogP contribution in [0.4, 0.5) is 5.95 Å². The number of anilines is 1. The summed E-state index contributed by atoms with van der Waals surface area (Å²) in [4.78, 5) is 7.01. The van der Waals surface area contributed by atoms with Gasteiger partial charge in [0.25, 0.3) is 0 Å². The maximum absolute atomic E-state index is 6.13. The molecule has 1 fully saturated rings. The highest BCUT2D eigenvalue weighted by atomic mass is 16.5. The summed E-state index contributed by atoms with van der Waals surface area (Å²) in [7, 11) is 1.67. The lowest BCUT2D eigenvalue weighted by Crippen LogP contribution is -2.28. The van der Waals surface area contributed by atoms with Crippen LogP contribution in [0.5, 0.6) is 5.75 Å². The van der Waals surface area contributed by atoms with Crippen LogP contribution < -0.4 is 10.5 Å². The molecular formula is C16H24N4O. The zero-order valence-electron chi connectivity index (χ0n) is 13.0. The molecular weight excluding hydrogens is 264 g/mol. The number of methoxy groups -OCH3 is 1. The highest BCUT2D eigenvalue weighted by molar-refractivity contribution is 5.84. The number of imidazole rings is 1. The molecule has 0 aliphatic carbocycles. The van der Waals surface area contributed by atoms with Crippen molar-refractivity contribution in [2.45, 2.75) is 32.9 Å². The molecule has 2 N–H and O–H groups in total. The number of rotatable bonds is 4. The Hall–Kier alpha value is -1.75. The number of hydrogen-bond donors (Lipinski definition) is 1. The Morgan fingerprint density at radius 2 is 2.24 bits per heavy atom. The predicted octanol–water partition coefficient (Wildman–Crippen LogP) is 2.36. The Bertz CT molecular complexity index is 634. The Morgan fingerprint density at radius 3 is 2.90 bits per heavy atom. The van der Waals surface area contributed by atoms with E-state index in [1.54, 1.807) is 7.11 Å². The second-order valence-corrected chi connectivity index (χ2v) is 6.15. The van der Waals surface area contributed by atoms with Gasteiger partial charge in [-0.3, -0.25) is 0 Å². The van der Waals surface area contributed by atoms with Gasteiger partial charge in [0.05, 0.1) is 12.6 Å². The first kappa shape index (κ1) is 14.2. The highest BCUT2D eigenvalue weighted by Gasteiger charge is 2.25. The maximum Gasteiger partial charge on any atom is 0.201 e. The molecule has 0 saturated carbocycles. The summed E-state index contributed by atoms with van der Waals surface area (Å²) < 4.78 is 7.51. The number of likely N-dealkylation sites (tertiary alicyclic amines) is 1. The average molecular weight is 288 g/mol. The van der Waals surface area contributed by atoms with Crippen LogP contribution >= 0.6 is 0 Å². The van der Waals surface area contributed by atoms with Gasteiger partial charge in [-0.2, -0.15) is 0 Å². The van der Waals surface area contributed by atoms with E-state index in [2.05, 4.69) is 34.4 Å². The molecule has 0 spiro atoms. The van der Waals surface area contributed by atoms with Crippen molar-refractivity contribution in [1.29, 1.82) is 0 Å². The van der Waals surface area contributed by atoms with Crippen molar-refractivity contribution >= 4 is 17.0 Å². The number of hydrogen-bond acceptors (Lipinski definition) is 4. The van der Waals surface area contributed by atoms with E-state index in [9.17, 15) is 0 Å². The summed E-state index contributed by atoms with van der Waals surface area (Å²) >= 11 is 0. The minimum absolute atomic E-state index is 0.581. The van der Waals surface area contributed by atoms with Crippen LogP contribution in [0.2, 0.25) is 0 Å². The molecule has 1 aromatic heterocycles. The lowest BCUT2D eigenvalue weighted by Gasteiger charge is -2.20. The zero-order chi connectivity index (χ0) is 15.0. The number of nitrogens with two attached hydrogens (primary N) is 1. The largest absolute Gasteiger partial charge is 0.494 e. The van der Waals surface area contributed by atoms with E-state index < -0.39 is 0 Å². The molecule has 5 nitrogen and oxygen atoms in total. The Morgan fingerprint density at radius 1 is 1.43 bits per heavy atom. The summed E-state index contributed by atoms with van der Waals surface area (Å²) in [6.07, 6.45) is 1.22. The van der Waals surface area contributed by atoms with Crippen LogP contribution in [-0.4, -0.2) is 40.7 Å². The third-order valence-corrected chi connectivity index (χ3v) is 4.48. The molecule has 114 valence electrons. The number of para-hydroxylation sites is 1. The fraction of sp³-hybridized carbons (Fsp3) is 0.562. The standard InChI is InChI=1S/C16H24N4O/c1-11(2)19-8-7-12(9-19)10-20-13-5-4-6-14(21-3)15(13)18-16(20)17/h4-6,11-12H,7-10H2,1-3H3,(H2,17,18). The topological polar surface area (TPSA) is 56.3 Å². The normalized spacial score (nSPS) is 19.7. The fourth-order valence-electron chi connectivity index (χ4n) is 3.23. The molecule has 0 bridgehead atoms. The summed E-state index contributed by atoms with van der Waals surface area (Å²) in [5.41, 5.74) is 8.05. The summed E-state index contributed by atoms with van der Waals surface area (Å²) in [6.45, 7) is 7.76. The number of benzene rings is 1. The smallest absolute Gasteiger partial charge is 0.201 e. The van der Waals surface area contributed by atoms with E-state index in [1.807, 2.05) is 12.1 Å². The minimum atomic E-state index is 0.581. The van der Waals surface area contributed by atoms with Crippen LogP contribution in [0.25, 0.3) is 11.0 Å². The summed E-state index contributed by atoms with van der Waals surface area (Å²) in [6, 6.07) is 6.60. The Balaban J connectivity index is 1.86. The predicted molar refractivity (Wildman–Crippen MR) is 85.5 cm³/mol.